The number of halogens is 2. The number of anilines is 1. The molecule has 2 heterocycles. The van der Waals surface area contributed by atoms with Crippen molar-refractivity contribution in [2.75, 3.05) is 11.5 Å². The van der Waals surface area contributed by atoms with Gasteiger partial charge < -0.3 is 26.6 Å². The summed E-state index contributed by atoms with van der Waals surface area (Å²) < 4.78 is 6.07. The van der Waals surface area contributed by atoms with Crippen molar-refractivity contribution < 1.29 is 26.5 Å². The minimum atomic E-state index is -0.0180. The van der Waals surface area contributed by atoms with Crippen molar-refractivity contribution in [3.63, 3.8) is 0 Å². The molecule has 2 aliphatic rings. The lowest BCUT2D eigenvalue weighted by molar-refractivity contribution is -0.116. The van der Waals surface area contributed by atoms with Gasteiger partial charge in [-0.3, -0.25) is 4.79 Å². The number of nitrogens with zero attached hydrogens (tertiary/aromatic N) is 3. The highest BCUT2D eigenvalue weighted by Gasteiger charge is 2.28. The van der Waals surface area contributed by atoms with Gasteiger partial charge in [0.15, 0.2) is 6.20 Å². The van der Waals surface area contributed by atoms with Crippen molar-refractivity contribution in [1.29, 1.82) is 0 Å². The van der Waals surface area contributed by atoms with E-state index < -0.39 is 0 Å². The van der Waals surface area contributed by atoms with E-state index in [0.29, 0.717) is 30.3 Å². The average Bonchev–Trinajstić information content (AvgIpc) is 3.42. The summed E-state index contributed by atoms with van der Waals surface area (Å²) in [5.74, 6) is 1.60. The van der Waals surface area contributed by atoms with Gasteiger partial charge in [-0.05, 0) is 54.0 Å². The Morgan fingerprint density at radius 2 is 1.52 bits per heavy atom. The van der Waals surface area contributed by atoms with Gasteiger partial charge in [0.05, 0.1) is 30.7 Å². The van der Waals surface area contributed by atoms with Crippen LogP contribution in [0.4, 0.5) is 5.69 Å². The fourth-order valence-electron chi connectivity index (χ4n) is 5.48. The summed E-state index contributed by atoms with van der Waals surface area (Å²) in [5.41, 5.74) is 3.91. The van der Waals surface area contributed by atoms with Crippen molar-refractivity contribution in [1.82, 2.24) is 4.90 Å². The minimum Gasteiger partial charge on any atom is -1.00 e. The van der Waals surface area contributed by atoms with Crippen LogP contribution in [-0.2, 0) is 17.8 Å². The quantitative estimate of drug-likeness (QED) is 0.119. The Morgan fingerprint density at radius 1 is 0.886 bits per heavy atom. The van der Waals surface area contributed by atoms with Gasteiger partial charge in [0.2, 0.25) is 17.4 Å². The second-order valence-corrected chi connectivity index (χ2v) is 12.0. The van der Waals surface area contributed by atoms with Gasteiger partial charge >= 0.3 is 0 Å². The summed E-state index contributed by atoms with van der Waals surface area (Å²) >= 11 is 6.46. The number of rotatable bonds is 19. The predicted molar refractivity (Wildman–Crippen MR) is 179 cm³/mol. The van der Waals surface area contributed by atoms with E-state index in [1.807, 2.05) is 59.7 Å². The van der Waals surface area contributed by atoms with Gasteiger partial charge in [0.25, 0.3) is 0 Å². The highest BCUT2D eigenvalue weighted by atomic mass is 79.9. The number of amidine groups is 1. The highest BCUT2D eigenvalue weighted by molar-refractivity contribution is 6.32. The fraction of sp³-hybridized carbons (Fsp3) is 0.459. The van der Waals surface area contributed by atoms with Crippen molar-refractivity contribution >= 4 is 29.0 Å². The van der Waals surface area contributed by atoms with Crippen LogP contribution in [0.2, 0.25) is 5.02 Å². The molecule has 4 rings (SSSR count). The van der Waals surface area contributed by atoms with Crippen LogP contribution in [0, 0.1) is 6.20 Å². The van der Waals surface area contributed by atoms with E-state index in [2.05, 4.69) is 30.2 Å². The van der Waals surface area contributed by atoms with Gasteiger partial charge in [-0.25, -0.2) is 4.90 Å². The minimum absolute atomic E-state index is 0. The summed E-state index contributed by atoms with van der Waals surface area (Å²) in [6.07, 6.45) is 27.5. The molecule has 7 heteroatoms. The van der Waals surface area contributed by atoms with Crippen molar-refractivity contribution in [2.45, 2.75) is 104 Å². The summed E-state index contributed by atoms with van der Waals surface area (Å²) in [6.45, 7) is 4.97. The number of ether oxygens (including phenoxy) is 1. The summed E-state index contributed by atoms with van der Waals surface area (Å²) in [4.78, 5) is 20.9. The Kier molecular flexibility index (Phi) is 15.7. The molecule has 0 saturated heterocycles. The fourth-order valence-corrected chi connectivity index (χ4v) is 5.66. The van der Waals surface area contributed by atoms with Crippen LogP contribution < -0.4 is 26.6 Å². The van der Waals surface area contributed by atoms with E-state index in [4.69, 9.17) is 16.3 Å². The molecule has 0 saturated carbocycles. The zero-order chi connectivity index (χ0) is 30.3. The molecule has 0 N–H and O–H groups in total. The maximum Gasteiger partial charge on any atom is 0.247 e. The molecular formula is C37H47BrClN3O2. The molecule has 2 aromatic carbocycles. The number of amides is 1. The molecule has 0 fully saturated rings. The Labute approximate surface area is 280 Å². The Balaban J connectivity index is 0.00000529. The van der Waals surface area contributed by atoms with Crippen LogP contribution in [0.25, 0.3) is 0 Å². The zero-order valence-corrected chi connectivity index (χ0v) is 28.7. The third kappa shape index (κ3) is 11.2. The van der Waals surface area contributed by atoms with Crippen LogP contribution in [0.1, 0.15) is 102 Å². The third-order valence-electron chi connectivity index (χ3n) is 8.02. The molecular weight excluding hydrogens is 634 g/mol. The molecule has 236 valence electrons. The molecule has 0 atom stereocenters. The molecule has 0 radical (unpaired) electrons. The molecule has 1 amide bonds. The van der Waals surface area contributed by atoms with Gasteiger partial charge in [0, 0.05) is 18.8 Å². The lowest BCUT2D eigenvalue weighted by atomic mass is 10.1. The summed E-state index contributed by atoms with van der Waals surface area (Å²) in [6, 6.07) is 13.9. The standard InChI is InChI=1S/C37H47ClN3O2.BrH/c1-3-4-5-6-7-8-9-10-11-12-13-16-25-43-36-26-32(20-23-35(36)38)29-41(30(2)42)33-21-18-31(19-22-33)27-37-39-28-34-17-14-15-24-40(34)37;/h14-15,17-24,26H,3-13,16,25,27,29H2,1-2H3;1H/q+1;/p-1. The molecule has 0 spiro atoms. The number of benzene rings is 2. The maximum atomic E-state index is 12.6. The molecule has 2 aliphatic heterocycles. The molecule has 0 aliphatic carbocycles. The summed E-state index contributed by atoms with van der Waals surface area (Å²) in [5, 5.41) is 0.602. The molecule has 0 aromatic heterocycles. The van der Waals surface area contributed by atoms with Gasteiger partial charge in [-0.2, -0.15) is 0 Å². The van der Waals surface area contributed by atoms with Crippen molar-refractivity contribution in [3.8, 4) is 5.75 Å². The first-order valence-corrected chi connectivity index (χ1v) is 16.5. The lowest BCUT2D eigenvalue weighted by Gasteiger charge is -2.22. The second kappa shape index (κ2) is 19.5. The Morgan fingerprint density at radius 3 is 2.18 bits per heavy atom. The van der Waals surface area contributed by atoms with Crippen LogP contribution >= 0.6 is 11.6 Å². The highest BCUT2D eigenvalue weighted by Crippen LogP contribution is 2.28. The van der Waals surface area contributed by atoms with E-state index in [-0.39, 0.29) is 22.9 Å². The number of carbonyl (C=O) groups is 1. The Bertz CT molecular complexity index is 1300. The largest absolute Gasteiger partial charge is 1.00 e. The zero-order valence-electron chi connectivity index (χ0n) is 26.4. The Hall–Kier alpha value is -2.92. The number of hydrogen-bond acceptors (Lipinski definition) is 4. The summed E-state index contributed by atoms with van der Waals surface area (Å²) in [7, 11) is 0. The van der Waals surface area contributed by atoms with E-state index in [1.165, 1.54) is 70.6 Å². The smallest absolute Gasteiger partial charge is 0.247 e. The van der Waals surface area contributed by atoms with Gasteiger partial charge in [0.1, 0.15) is 5.75 Å². The number of unbranched alkanes of at least 4 members (excludes halogenated alkanes) is 11. The van der Waals surface area contributed by atoms with E-state index in [1.54, 1.807) is 11.8 Å². The number of fused-ring (bicyclic) bond motifs is 1. The first kappa shape index (κ1) is 35.6. The number of aliphatic imine (C=N–C) groups is 1. The van der Waals surface area contributed by atoms with Crippen LogP contribution in [0.5, 0.6) is 5.75 Å². The number of carbonyl (C=O) groups excluding carboxylic acids is 1. The predicted octanol–water partition coefficient (Wildman–Crippen LogP) is 6.96. The van der Waals surface area contributed by atoms with E-state index in [9.17, 15) is 4.79 Å². The average molecular weight is 681 g/mol. The molecule has 5 nitrogen and oxygen atoms in total. The van der Waals surface area contributed by atoms with Gasteiger partial charge in [-0.1, -0.05) is 112 Å². The number of hydrogen-bond donors (Lipinski definition) is 0. The second-order valence-electron chi connectivity index (χ2n) is 11.5. The molecule has 0 unspecified atom stereocenters. The van der Waals surface area contributed by atoms with Crippen LogP contribution in [-0.4, -0.2) is 23.2 Å². The third-order valence-corrected chi connectivity index (χ3v) is 8.33. The van der Waals surface area contributed by atoms with Gasteiger partial charge in [-0.15, -0.1) is 0 Å². The topological polar surface area (TPSA) is 45.1 Å². The van der Waals surface area contributed by atoms with Crippen molar-refractivity contribution in [3.05, 3.63) is 94.9 Å². The van der Waals surface area contributed by atoms with E-state index >= 15 is 0 Å². The molecule has 0 bridgehead atoms. The van der Waals surface area contributed by atoms with Crippen LogP contribution in [0.15, 0.2) is 77.6 Å². The lowest BCUT2D eigenvalue weighted by Crippen LogP contribution is -3.00. The van der Waals surface area contributed by atoms with Crippen LogP contribution in [0.3, 0.4) is 0 Å². The molecule has 44 heavy (non-hydrogen) atoms. The first-order valence-electron chi connectivity index (χ1n) is 16.2. The maximum absolute atomic E-state index is 12.6. The number of allylic oxidation sites excluding steroid dienone is 3. The van der Waals surface area contributed by atoms with E-state index in [0.717, 1.165) is 34.8 Å². The SMILES string of the molecule is CCCCCCCCCCCCCCOc1cc(CN(C(C)=O)c2ccc(CC3=N[C+]=C4C=CC=CN43)cc2)ccc1Cl.[Br-]. The molecule has 2 aromatic rings. The van der Waals surface area contributed by atoms with Crippen molar-refractivity contribution in [2.24, 2.45) is 4.99 Å². The normalized spacial score (nSPS) is 13.1. The first-order chi connectivity index (χ1) is 21.0. The monoisotopic (exact) mass is 679 g/mol.